The first kappa shape index (κ1) is 17.9. The number of anilines is 2. The van der Waals surface area contributed by atoms with Crippen LogP contribution in [0, 0.1) is 5.82 Å². The summed E-state index contributed by atoms with van der Waals surface area (Å²) in [5, 5.41) is 6.60. The zero-order chi connectivity index (χ0) is 18.4. The number of carbonyl (C=O) groups excluding carboxylic acids is 1. The lowest BCUT2D eigenvalue weighted by molar-refractivity contribution is 0.0949. The van der Waals surface area contributed by atoms with Crippen LogP contribution < -0.4 is 10.6 Å². The van der Waals surface area contributed by atoms with E-state index in [4.69, 9.17) is 11.6 Å². The van der Waals surface area contributed by atoms with E-state index in [1.165, 1.54) is 6.07 Å². The minimum atomic E-state index is -0.305. The van der Waals surface area contributed by atoms with Crippen molar-refractivity contribution >= 4 is 28.9 Å². The fourth-order valence-corrected chi connectivity index (χ4v) is 2.56. The molecule has 0 spiro atoms. The minimum Gasteiger partial charge on any atom is -0.355 e. The molecule has 132 valence electrons. The number of benzene rings is 2. The van der Waals surface area contributed by atoms with E-state index < -0.39 is 0 Å². The van der Waals surface area contributed by atoms with Crippen LogP contribution in [0.3, 0.4) is 0 Å². The number of hydrogen-bond donors (Lipinski definition) is 2. The maximum absolute atomic E-state index is 13.6. The van der Waals surface area contributed by atoms with Gasteiger partial charge in [-0.1, -0.05) is 29.8 Å². The molecule has 1 amide bonds. The van der Waals surface area contributed by atoms with E-state index >= 15 is 0 Å². The van der Waals surface area contributed by atoms with Gasteiger partial charge in [-0.2, -0.15) is 0 Å². The molecule has 1 aromatic heterocycles. The Labute approximate surface area is 156 Å². The fourth-order valence-electron chi connectivity index (χ4n) is 2.43. The molecule has 1 heterocycles. The number of aromatic nitrogens is 1. The van der Waals surface area contributed by atoms with Crippen molar-refractivity contribution in [3.05, 3.63) is 89.0 Å². The molecular formula is C20H17ClFN3O. The summed E-state index contributed by atoms with van der Waals surface area (Å²) in [4.78, 5) is 16.3. The first-order chi connectivity index (χ1) is 12.6. The highest BCUT2D eigenvalue weighted by atomic mass is 35.5. The van der Waals surface area contributed by atoms with E-state index in [-0.39, 0.29) is 17.4 Å². The van der Waals surface area contributed by atoms with Gasteiger partial charge < -0.3 is 10.6 Å². The Kier molecular flexibility index (Phi) is 5.81. The van der Waals surface area contributed by atoms with E-state index in [9.17, 15) is 9.18 Å². The maximum atomic E-state index is 13.6. The molecule has 2 aromatic carbocycles. The highest BCUT2D eigenvalue weighted by Crippen LogP contribution is 2.19. The predicted molar refractivity (Wildman–Crippen MR) is 101 cm³/mol. The van der Waals surface area contributed by atoms with Crippen molar-refractivity contribution in [3.8, 4) is 0 Å². The number of rotatable bonds is 6. The number of carbonyl (C=O) groups is 1. The summed E-state index contributed by atoms with van der Waals surface area (Å²) in [6.07, 6.45) is 1.98. The molecule has 0 saturated heterocycles. The summed E-state index contributed by atoms with van der Waals surface area (Å²) in [7, 11) is 0. The SMILES string of the molecule is O=C(NCCc1ccccc1F)c1cc(Nc2ccc(Cl)cc2)ccn1. The van der Waals surface area contributed by atoms with Crippen molar-refractivity contribution in [2.24, 2.45) is 0 Å². The molecule has 26 heavy (non-hydrogen) atoms. The molecule has 0 saturated carbocycles. The molecule has 0 aliphatic rings. The Morgan fingerprint density at radius 2 is 1.81 bits per heavy atom. The van der Waals surface area contributed by atoms with Crippen LogP contribution in [0.4, 0.5) is 15.8 Å². The average Bonchev–Trinajstić information content (AvgIpc) is 2.65. The predicted octanol–water partition coefficient (Wildman–Crippen LogP) is 4.59. The zero-order valence-corrected chi connectivity index (χ0v) is 14.6. The Balaban J connectivity index is 1.59. The maximum Gasteiger partial charge on any atom is 0.269 e. The molecule has 0 bridgehead atoms. The van der Waals surface area contributed by atoms with Gasteiger partial charge in [0.15, 0.2) is 0 Å². The second-order valence-corrected chi connectivity index (χ2v) is 6.10. The Bertz CT molecular complexity index is 900. The Morgan fingerprint density at radius 3 is 2.58 bits per heavy atom. The van der Waals surface area contributed by atoms with E-state index in [1.54, 1.807) is 48.7 Å². The molecule has 0 fully saturated rings. The van der Waals surface area contributed by atoms with Crippen LogP contribution >= 0.6 is 11.6 Å². The molecule has 4 nitrogen and oxygen atoms in total. The third-order valence-electron chi connectivity index (χ3n) is 3.76. The van der Waals surface area contributed by atoms with Crippen LogP contribution in [-0.4, -0.2) is 17.4 Å². The Hall–Kier alpha value is -2.92. The van der Waals surface area contributed by atoms with E-state index in [0.717, 1.165) is 11.4 Å². The van der Waals surface area contributed by atoms with Gasteiger partial charge >= 0.3 is 0 Å². The quantitative estimate of drug-likeness (QED) is 0.668. The third kappa shape index (κ3) is 4.80. The molecule has 0 unspecified atom stereocenters. The lowest BCUT2D eigenvalue weighted by atomic mass is 10.1. The van der Waals surface area contributed by atoms with Crippen LogP contribution in [-0.2, 0) is 6.42 Å². The molecule has 0 radical (unpaired) electrons. The van der Waals surface area contributed by atoms with E-state index in [2.05, 4.69) is 15.6 Å². The number of pyridine rings is 1. The van der Waals surface area contributed by atoms with Crippen LogP contribution in [0.15, 0.2) is 66.9 Å². The molecule has 0 atom stereocenters. The lowest BCUT2D eigenvalue weighted by Crippen LogP contribution is -2.26. The average molecular weight is 370 g/mol. The number of nitrogens with zero attached hydrogens (tertiary/aromatic N) is 1. The van der Waals surface area contributed by atoms with Gasteiger partial charge in [-0.05, 0) is 54.4 Å². The largest absolute Gasteiger partial charge is 0.355 e. The normalized spacial score (nSPS) is 10.4. The second-order valence-electron chi connectivity index (χ2n) is 5.66. The summed E-state index contributed by atoms with van der Waals surface area (Å²) < 4.78 is 13.6. The minimum absolute atomic E-state index is 0.269. The zero-order valence-electron chi connectivity index (χ0n) is 13.9. The highest BCUT2D eigenvalue weighted by Gasteiger charge is 2.08. The summed E-state index contributed by atoms with van der Waals surface area (Å²) >= 11 is 5.87. The van der Waals surface area contributed by atoms with Crippen LogP contribution in [0.5, 0.6) is 0 Å². The van der Waals surface area contributed by atoms with Crippen molar-refractivity contribution in [1.29, 1.82) is 0 Å². The van der Waals surface area contributed by atoms with Crippen LogP contribution in [0.2, 0.25) is 5.02 Å². The summed E-state index contributed by atoms with van der Waals surface area (Å²) in [6, 6.07) is 17.2. The molecule has 0 aliphatic carbocycles. The van der Waals surface area contributed by atoms with Gasteiger partial charge in [-0.25, -0.2) is 4.39 Å². The van der Waals surface area contributed by atoms with Crippen LogP contribution in [0.25, 0.3) is 0 Å². The lowest BCUT2D eigenvalue weighted by Gasteiger charge is -2.09. The topological polar surface area (TPSA) is 54.0 Å². The Morgan fingerprint density at radius 1 is 1.04 bits per heavy atom. The number of halogens is 2. The number of nitrogens with one attached hydrogen (secondary N) is 2. The van der Waals surface area contributed by atoms with Crippen molar-refractivity contribution in [3.63, 3.8) is 0 Å². The van der Waals surface area contributed by atoms with Crippen LogP contribution in [0.1, 0.15) is 16.1 Å². The molecule has 3 rings (SSSR count). The smallest absolute Gasteiger partial charge is 0.269 e. The molecule has 3 aromatic rings. The summed E-state index contributed by atoms with van der Waals surface area (Å²) in [6.45, 7) is 0.330. The number of hydrogen-bond acceptors (Lipinski definition) is 3. The summed E-state index contributed by atoms with van der Waals surface area (Å²) in [5.41, 5.74) is 2.45. The van der Waals surface area contributed by atoms with Crippen molar-refractivity contribution < 1.29 is 9.18 Å². The highest BCUT2D eigenvalue weighted by molar-refractivity contribution is 6.30. The second kappa shape index (κ2) is 8.45. The van der Waals surface area contributed by atoms with Crippen molar-refractivity contribution in [2.45, 2.75) is 6.42 Å². The third-order valence-corrected chi connectivity index (χ3v) is 4.02. The van der Waals surface area contributed by atoms with Gasteiger partial charge in [0.05, 0.1) is 0 Å². The molecular weight excluding hydrogens is 353 g/mol. The standard InChI is InChI=1S/C20H17ClFN3O/c21-15-5-7-16(8-6-15)25-17-10-12-23-19(13-17)20(26)24-11-9-14-3-1-2-4-18(14)22/h1-8,10,12-13H,9,11H2,(H,23,25)(H,24,26). The summed E-state index contributed by atoms with van der Waals surface area (Å²) in [5.74, 6) is -0.574. The monoisotopic (exact) mass is 369 g/mol. The van der Waals surface area contributed by atoms with Gasteiger partial charge in [0.2, 0.25) is 0 Å². The van der Waals surface area contributed by atoms with Gasteiger partial charge in [0.1, 0.15) is 11.5 Å². The number of amides is 1. The molecule has 2 N–H and O–H groups in total. The van der Waals surface area contributed by atoms with Gasteiger partial charge in [-0.15, -0.1) is 0 Å². The van der Waals surface area contributed by atoms with Crippen molar-refractivity contribution in [2.75, 3.05) is 11.9 Å². The molecule has 6 heteroatoms. The van der Waals surface area contributed by atoms with Crippen molar-refractivity contribution in [1.82, 2.24) is 10.3 Å². The first-order valence-corrected chi connectivity index (χ1v) is 8.50. The van der Waals surface area contributed by atoms with Gasteiger partial charge in [0.25, 0.3) is 5.91 Å². The fraction of sp³-hybridized carbons (Fsp3) is 0.100. The van der Waals surface area contributed by atoms with Gasteiger partial charge in [-0.3, -0.25) is 9.78 Å². The first-order valence-electron chi connectivity index (χ1n) is 8.12. The van der Waals surface area contributed by atoms with E-state index in [0.29, 0.717) is 23.6 Å². The molecule has 0 aliphatic heterocycles. The van der Waals surface area contributed by atoms with Gasteiger partial charge in [0, 0.05) is 29.1 Å². The van der Waals surface area contributed by atoms with E-state index in [1.807, 2.05) is 12.1 Å².